The Balaban J connectivity index is 0.00000420. The number of nitrogens with zero attached hydrogens (tertiary/aromatic N) is 4. The number of hydrogen-bond acceptors (Lipinski definition) is 5. The highest BCUT2D eigenvalue weighted by Gasteiger charge is 2.37. The molecule has 2 aromatic rings. The topological polar surface area (TPSA) is 100 Å². The lowest BCUT2D eigenvalue weighted by Gasteiger charge is -2.33. The summed E-state index contributed by atoms with van der Waals surface area (Å²) in [5.74, 6) is -4.74. The zero-order valence-electron chi connectivity index (χ0n) is 20.7. The van der Waals surface area contributed by atoms with Crippen molar-refractivity contribution in [1.82, 2.24) is 25.0 Å². The number of carbonyl (C=O) groups excluding carboxylic acids is 1. The molecule has 0 aromatic carbocycles. The first-order valence-corrected chi connectivity index (χ1v) is 12.7. The standard InChI is InChI=1S/C25H30F5N5O3.CH4/c26-24(27)9-4-11-34(15-24)12-8-16(13-21(36)37)32-23(38)19-14-20(35(33-19)17-5-1-2-6-17)22-18(25(28,29)30)7-3-10-31-22;/h3,7,10,14,16-17H,1-2,4-6,8-9,11-13,15H2,(H,32,38)(H,36,37);1H4/t16-;/m0./s1. The molecule has 39 heavy (non-hydrogen) atoms. The predicted octanol–water partition coefficient (Wildman–Crippen LogP) is 5.41. The van der Waals surface area contributed by atoms with Crippen molar-refractivity contribution in [2.75, 3.05) is 19.6 Å². The van der Waals surface area contributed by atoms with Crippen LogP contribution in [-0.4, -0.2) is 68.2 Å². The molecule has 2 aromatic heterocycles. The third-order valence-corrected chi connectivity index (χ3v) is 7.02. The number of carbonyl (C=O) groups is 2. The summed E-state index contributed by atoms with van der Waals surface area (Å²) in [5.41, 5.74) is -1.40. The third kappa shape index (κ3) is 7.74. The first kappa shape index (κ1) is 30.5. The molecule has 4 rings (SSSR count). The van der Waals surface area contributed by atoms with Crippen LogP contribution in [0.15, 0.2) is 24.4 Å². The van der Waals surface area contributed by atoms with Crippen molar-refractivity contribution in [2.45, 2.75) is 83.0 Å². The molecule has 216 valence electrons. The van der Waals surface area contributed by atoms with Gasteiger partial charge < -0.3 is 10.4 Å². The minimum absolute atomic E-state index is 0. The maximum absolute atomic E-state index is 13.7. The molecule has 3 heterocycles. The Morgan fingerprint density at radius 1 is 1.21 bits per heavy atom. The van der Waals surface area contributed by atoms with E-state index in [2.05, 4.69) is 15.4 Å². The van der Waals surface area contributed by atoms with Crippen LogP contribution in [0.25, 0.3) is 11.4 Å². The van der Waals surface area contributed by atoms with Gasteiger partial charge in [-0.3, -0.25) is 24.2 Å². The van der Waals surface area contributed by atoms with Crippen LogP contribution in [0.3, 0.4) is 0 Å². The first-order chi connectivity index (χ1) is 17.9. The lowest BCUT2D eigenvalue weighted by atomic mass is 10.1. The predicted molar refractivity (Wildman–Crippen MR) is 133 cm³/mol. The van der Waals surface area contributed by atoms with Gasteiger partial charge in [0.15, 0.2) is 5.69 Å². The Hall–Kier alpha value is -3.09. The van der Waals surface area contributed by atoms with Gasteiger partial charge in [0.25, 0.3) is 11.8 Å². The molecule has 13 heteroatoms. The number of likely N-dealkylation sites (tertiary alicyclic amines) is 1. The minimum Gasteiger partial charge on any atom is -0.481 e. The van der Waals surface area contributed by atoms with Gasteiger partial charge in [-0.15, -0.1) is 0 Å². The van der Waals surface area contributed by atoms with Crippen LogP contribution in [0.5, 0.6) is 0 Å². The lowest BCUT2D eigenvalue weighted by Crippen LogP contribution is -2.45. The molecule has 2 fully saturated rings. The summed E-state index contributed by atoms with van der Waals surface area (Å²) in [6, 6.07) is 2.27. The number of amides is 1. The third-order valence-electron chi connectivity index (χ3n) is 7.02. The van der Waals surface area contributed by atoms with Crippen molar-refractivity contribution < 1.29 is 36.6 Å². The molecule has 1 amide bonds. The maximum Gasteiger partial charge on any atom is 0.418 e. The Labute approximate surface area is 223 Å². The van der Waals surface area contributed by atoms with Crippen molar-refractivity contribution in [2.24, 2.45) is 0 Å². The number of halogens is 5. The Morgan fingerprint density at radius 3 is 2.56 bits per heavy atom. The fourth-order valence-corrected chi connectivity index (χ4v) is 5.22. The molecule has 2 aliphatic rings. The number of nitrogens with one attached hydrogen (secondary N) is 1. The number of aromatic nitrogens is 3. The highest BCUT2D eigenvalue weighted by atomic mass is 19.4. The molecular weight excluding hydrogens is 525 g/mol. The lowest BCUT2D eigenvalue weighted by molar-refractivity contribution is -0.138. The van der Waals surface area contributed by atoms with Crippen LogP contribution in [0.1, 0.15) is 80.9 Å². The van der Waals surface area contributed by atoms with E-state index < -0.39 is 48.5 Å². The van der Waals surface area contributed by atoms with Gasteiger partial charge in [-0.1, -0.05) is 20.3 Å². The fraction of sp³-hybridized carbons (Fsp3) is 0.615. The quantitative estimate of drug-likeness (QED) is 0.399. The number of alkyl halides is 5. The van der Waals surface area contributed by atoms with Crippen LogP contribution in [0.2, 0.25) is 0 Å². The molecule has 1 saturated heterocycles. The number of piperidine rings is 1. The van der Waals surface area contributed by atoms with Gasteiger partial charge >= 0.3 is 12.1 Å². The molecule has 2 N–H and O–H groups in total. The van der Waals surface area contributed by atoms with Gasteiger partial charge in [0, 0.05) is 25.2 Å². The van der Waals surface area contributed by atoms with Gasteiger partial charge in [-0.2, -0.15) is 18.3 Å². The average molecular weight is 560 g/mol. The van der Waals surface area contributed by atoms with Crippen LogP contribution >= 0.6 is 0 Å². The summed E-state index contributed by atoms with van der Waals surface area (Å²) in [6.07, 6.45) is -0.523. The van der Waals surface area contributed by atoms with E-state index in [1.165, 1.54) is 27.9 Å². The molecule has 1 saturated carbocycles. The molecule has 0 radical (unpaired) electrons. The Kier molecular flexibility index (Phi) is 9.68. The van der Waals surface area contributed by atoms with Crippen molar-refractivity contribution in [3.63, 3.8) is 0 Å². The van der Waals surface area contributed by atoms with Crippen LogP contribution in [-0.2, 0) is 11.0 Å². The van der Waals surface area contributed by atoms with Gasteiger partial charge in [0.05, 0.1) is 30.3 Å². The molecule has 0 spiro atoms. The van der Waals surface area contributed by atoms with Crippen LogP contribution < -0.4 is 5.32 Å². The molecule has 1 aliphatic heterocycles. The minimum atomic E-state index is -4.67. The average Bonchev–Trinajstić information content (AvgIpc) is 3.51. The summed E-state index contributed by atoms with van der Waals surface area (Å²) in [5, 5.41) is 16.2. The van der Waals surface area contributed by atoms with E-state index >= 15 is 0 Å². The van der Waals surface area contributed by atoms with Crippen molar-refractivity contribution in [3.8, 4) is 11.4 Å². The van der Waals surface area contributed by atoms with Crippen LogP contribution in [0, 0.1) is 0 Å². The van der Waals surface area contributed by atoms with E-state index in [4.69, 9.17) is 0 Å². The molecule has 1 atom stereocenters. The van der Waals surface area contributed by atoms with Crippen LogP contribution in [0.4, 0.5) is 22.0 Å². The SMILES string of the molecule is C.O=C(O)C[C@H](CCN1CCCC(F)(F)C1)NC(=O)c1cc(-c2ncccc2C(F)(F)F)n(C2CCCC2)n1. The highest BCUT2D eigenvalue weighted by molar-refractivity contribution is 5.94. The summed E-state index contributed by atoms with van der Waals surface area (Å²) in [6.45, 7) is 0.185. The highest BCUT2D eigenvalue weighted by Crippen LogP contribution is 2.39. The summed E-state index contributed by atoms with van der Waals surface area (Å²) < 4.78 is 70.1. The zero-order valence-corrected chi connectivity index (χ0v) is 20.7. The Bertz CT molecular complexity index is 1150. The van der Waals surface area contributed by atoms with Crippen molar-refractivity contribution in [3.05, 3.63) is 35.7 Å². The van der Waals surface area contributed by atoms with E-state index in [1.807, 2.05) is 0 Å². The second-order valence-corrected chi connectivity index (χ2v) is 9.99. The monoisotopic (exact) mass is 559 g/mol. The van der Waals surface area contributed by atoms with Gasteiger partial charge in [0.2, 0.25) is 0 Å². The number of hydrogen-bond donors (Lipinski definition) is 2. The number of carboxylic acids is 1. The number of aliphatic carboxylic acids is 1. The maximum atomic E-state index is 13.7. The van der Waals surface area contributed by atoms with Crippen molar-refractivity contribution >= 4 is 11.9 Å². The second kappa shape index (κ2) is 12.4. The normalized spacial score (nSPS) is 18.9. The van der Waals surface area contributed by atoms with E-state index in [0.717, 1.165) is 18.9 Å². The van der Waals surface area contributed by atoms with E-state index in [0.29, 0.717) is 25.8 Å². The van der Waals surface area contributed by atoms with E-state index in [9.17, 15) is 36.6 Å². The first-order valence-electron chi connectivity index (χ1n) is 12.7. The molecule has 0 bridgehead atoms. The smallest absolute Gasteiger partial charge is 0.418 e. The number of carboxylic acid groups (broad SMARTS) is 1. The van der Waals surface area contributed by atoms with E-state index in [1.54, 1.807) is 0 Å². The molecular formula is C26H34F5N5O3. The van der Waals surface area contributed by atoms with Gasteiger partial charge in [0.1, 0.15) is 5.69 Å². The number of rotatable bonds is 9. The largest absolute Gasteiger partial charge is 0.481 e. The zero-order chi connectivity index (χ0) is 27.5. The number of pyridine rings is 1. The summed E-state index contributed by atoms with van der Waals surface area (Å²) in [4.78, 5) is 30.0. The van der Waals surface area contributed by atoms with Gasteiger partial charge in [-0.05, 0) is 50.4 Å². The molecule has 0 unspecified atom stereocenters. The summed E-state index contributed by atoms with van der Waals surface area (Å²) in [7, 11) is 0. The Morgan fingerprint density at radius 2 is 1.92 bits per heavy atom. The van der Waals surface area contributed by atoms with Gasteiger partial charge in [-0.25, -0.2) is 8.78 Å². The summed E-state index contributed by atoms with van der Waals surface area (Å²) >= 11 is 0. The second-order valence-electron chi connectivity index (χ2n) is 9.99. The molecule has 8 nitrogen and oxygen atoms in total. The van der Waals surface area contributed by atoms with Crippen molar-refractivity contribution in [1.29, 1.82) is 0 Å². The fourth-order valence-electron chi connectivity index (χ4n) is 5.22. The van der Waals surface area contributed by atoms with E-state index in [-0.39, 0.29) is 49.9 Å². The molecule has 1 aliphatic carbocycles.